The number of nitrogens with zero attached hydrogens (tertiary/aromatic N) is 3. The molecule has 5 rings (SSSR count). The predicted molar refractivity (Wildman–Crippen MR) is 123 cm³/mol. The number of esters is 1. The van der Waals surface area contributed by atoms with Gasteiger partial charge in [-0.15, -0.1) is 0 Å². The first kappa shape index (κ1) is 21.4. The Kier molecular flexibility index (Phi) is 4.78. The zero-order valence-corrected chi connectivity index (χ0v) is 18.9. The van der Waals surface area contributed by atoms with E-state index in [2.05, 4.69) is 4.98 Å². The highest BCUT2D eigenvalue weighted by Gasteiger charge is 2.61. The van der Waals surface area contributed by atoms with Crippen LogP contribution in [0.5, 0.6) is 5.75 Å². The Morgan fingerprint density at radius 1 is 1.21 bits per heavy atom. The highest BCUT2D eigenvalue weighted by Crippen LogP contribution is 2.54. The quantitative estimate of drug-likeness (QED) is 0.593. The van der Waals surface area contributed by atoms with Crippen molar-refractivity contribution in [3.05, 3.63) is 99.1 Å². The van der Waals surface area contributed by atoms with Crippen LogP contribution in [0.3, 0.4) is 0 Å². The molecule has 2 aliphatic heterocycles. The first-order valence-corrected chi connectivity index (χ1v) is 10.6. The minimum Gasteiger partial charge on any atom is -0.465 e. The minimum absolute atomic E-state index is 0.0263. The average molecular weight is 458 g/mol. The van der Waals surface area contributed by atoms with Gasteiger partial charge in [-0.2, -0.15) is 0 Å². The third kappa shape index (κ3) is 2.73. The Morgan fingerprint density at radius 2 is 1.97 bits per heavy atom. The van der Waals surface area contributed by atoms with Crippen LogP contribution < -0.4 is 20.9 Å². The molecule has 3 aromatic rings. The van der Waals surface area contributed by atoms with Crippen LogP contribution in [0.1, 0.15) is 22.4 Å². The van der Waals surface area contributed by atoms with Gasteiger partial charge >= 0.3 is 5.97 Å². The zero-order chi connectivity index (χ0) is 24.2. The van der Waals surface area contributed by atoms with Gasteiger partial charge in [0.2, 0.25) is 11.8 Å². The number of nitrogens with two attached hydrogens (primary N) is 1. The fourth-order valence-electron chi connectivity index (χ4n) is 4.91. The smallest absolute Gasteiger partial charge is 0.340 e. The Labute approximate surface area is 195 Å². The molecule has 1 amide bonds. The first-order chi connectivity index (χ1) is 16.3. The third-order valence-electron chi connectivity index (χ3n) is 6.44. The number of aromatic nitrogens is 2. The van der Waals surface area contributed by atoms with Gasteiger partial charge in [-0.1, -0.05) is 24.3 Å². The number of benzene rings is 1. The highest BCUT2D eigenvalue weighted by molar-refractivity contribution is 6.18. The van der Waals surface area contributed by atoms with Crippen LogP contribution in [0, 0.1) is 6.92 Å². The lowest BCUT2D eigenvalue weighted by atomic mass is 9.68. The van der Waals surface area contributed by atoms with Gasteiger partial charge in [0.25, 0.3) is 5.56 Å². The number of aryl methyl sites for hydroxylation is 1. The van der Waals surface area contributed by atoms with Crippen molar-refractivity contribution in [2.24, 2.45) is 5.73 Å². The van der Waals surface area contributed by atoms with E-state index in [0.717, 1.165) is 5.56 Å². The molecule has 4 heterocycles. The van der Waals surface area contributed by atoms with Crippen molar-refractivity contribution >= 4 is 17.6 Å². The van der Waals surface area contributed by atoms with E-state index in [9.17, 15) is 14.4 Å². The molecule has 0 saturated carbocycles. The number of amides is 1. The number of rotatable bonds is 3. The number of methoxy groups -OCH3 is 1. The number of hydrogen-bond donors (Lipinski definition) is 1. The van der Waals surface area contributed by atoms with Crippen LogP contribution in [0.25, 0.3) is 0 Å². The number of fused-ring (bicyclic) bond motifs is 4. The van der Waals surface area contributed by atoms with Gasteiger partial charge in [-0.3, -0.25) is 14.6 Å². The maximum absolute atomic E-state index is 14.1. The van der Waals surface area contributed by atoms with Crippen LogP contribution in [0.15, 0.2) is 71.1 Å². The number of para-hydroxylation sites is 1. The van der Waals surface area contributed by atoms with Crippen molar-refractivity contribution < 1.29 is 19.1 Å². The van der Waals surface area contributed by atoms with Crippen molar-refractivity contribution in [1.29, 1.82) is 0 Å². The molecule has 0 bridgehead atoms. The average Bonchev–Trinajstić information content (AvgIpc) is 3.04. The summed E-state index contributed by atoms with van der Waals surface area (Å²) in [6.45, 7) is 1.99. The fraction of sp³-hybridized carbons (Fsp3) is 0.200. The van der Waals surface area contributed by atoms with Gasteiger partial charge in [-0.25, -0.2) is 4.79 Å². The van der Waals surface area contributed by atoms with Gasteiger partial charge < -0.3 is 24.7 Å². The molecule has 0 saturated heterocycles. The van der Waals surface area contributed by atoms with Gasteiger partial charge in [0, 0.05) is 42.5 Å². The summed E-state index contributed by atoms with van der Waals surface area (Å²) < 4.78 is 12.3. The van der Waals surface area contributed by atoms with Gasteiger partial charge in [0.1, 0.15) is 16.7 Å². The molecule has 9 nitrogen and oxygen atoms in total. The molecule has 2 aliphatic rings. The lowest BCUT2D eigenvalue weighted by Gasteiger charge is -2.35. The first-order valence-electron chi connectivity index (χ1n) is 10.6. The van der Waals surface area contributed by atoms with Gasteiger partial charge in [0.05, 0.1) is 19.2 Å². The predicted octanol–water partition coefficient (Wildman–Crippen LogP) is 1.60. The molecular formula is C25H22N4O5. The summed E-state index contributed by atoms with van der Waals surface area (Å²) in [6.07, 6.45) is 3.31. The van der Waals surface area contributed by atoms with Crippen molar-refractivity contribution in [3.63, 3.8) is 0 Å². The Balaban J connectivity index is 1.88. The summed E-state index contributed by atoms with van der Waals surface area (Å²) in [7, 11) is 2.79. The summed E-state index contributed by atoms with van der Waals surface area (Å²) >= 11 is 0. The van der Waals surface area contributed by atoms with Gasteiger partial charge in [-0.05, 0) is 24.6 Å². The summed E-state index contributed by atoms with van der Waals surface area (Å²) in [5.41, 5.74) is 6.19. The van der Waals surface area contributed by atoms with Crippen molar-refractivity contribution in [1.82, 2.24) is 9.55 Å². The van der Waals surface area contributed by atoms with E-state index in [-0.39, 0.29) is 29.3 Å². The second-order valence-corrected chi connectivity index (χ2v) is 8.24. The standard InChI is InChI=1S/C25H22N4O5/c1-14-11-18-19(22(30)29(14)13-15-7-6-10-27-12-15)25(20(21(26)34-18)23(31)33-3)16-8-4-5-9-17(16)28(2)24(25)32/h4-12H,13,26H2,1-3H3. The summed E-state index contributed by atoms with van der Waals surface area (Å²) in [5, 5.41) is 0. The molecule has 0 fully saturated rings. The molecule has 1 atom stereocenters. The number of ether oxygens (including phenoxy) is 2. The van der Waals surface area contributed by atoms with Crippen LogP contribution in [-0.4, -0.2) is 35.6 Å². The summed E-state index contributed by atoms with van der Waals surface area (Å²) in [5.74, 6) is -1.48. The largest absolute Gasteiger partial charge is 0.465 e. The highest BCUT2D eigenvalue weighted by atomic mass is 16.5. The molecular weight excluding hydrogens is 436 g/mol. The Bertz CT molecular complexity index is 1440. The Hall–Kier alpha value is -4.40. The molecule has 0 aliphatic carbocycles. The third-order valence-corrected chi connectivity index (χ3v) is 6.44. The van der Waals surface area contributed by atoms with E-state index in [4.69, 9.17) is 15.2 Å². The maximum atomic E-state index is 14.1. The molecule has 1 unspecified atom stereocenters. The van der Waals surface area contributed by atoms with Crippen molar-refractivity contribution in [3.8, 4) is 5.75 Å². The van der Waals surface area contributed by atoms with Crippen LogP contribution in [0.4, 0.5) is 5.69 Å². The molecule has 2 aromatic heterocycles. The monoisotopic (exact) mass is 458 g/mol. The SMILES string of the molecule is COC(=O)C1=C(N)Oc2cc(C)n(Cc3cccnc3)c(=O)c2C12C(=O)N(C)c1ccccc12. The number of carbonyl (C=O) groups is 2. The van der Waals surface area contributed by atoms with E-state index >= 15 is 0 Å². The maximum Gasteiger partial charge on any atom is 0.340 e. The zero-order valence-electron chi connectivity index (χ0n) is 18.9. The van der Waals surface area contributed by atoms with E-state index in [0.29, 0.717) is 16.9 Å². The number of likely N-dealkylation sites (N-methyl/N-ethyl adjacent to an activating group) is 1. The summed E-state index contributed by atoms with van der Waals surface area (Å²) in [6, 6.07) is 12.3. The second kappa shape index (κ2) is 7.58. The number of anilines is 1. The van der Waals surface area contributed by atoms with Crippen LogP contribution in [-0.2, 0) is 26.3 Å². The lowest BCUT2D eigenvalue weighted by Crippen LogP contribution is -2.51. The molecule has 0 radical (unpaired) electrons. The van der Waals surface area contributed by atoms with Gasteiger partial charge in [0.15, 0.2) is 0 Å². The van der Waals surface area contributed by atoms with E-state index in [1.165, 1.54) is 16.6 Å². The molecule has 172 valence electrons. The van der Waals surface area contributed by atoms with Crippen LogP contribution in [0.2, 0.25) is 0 Å². The molecule has 9 heteroatoms. The molecule has 1 aromatic carbocycles. The molecule has 34 heavy (non-hydrogen) atoms. The van der Waals surface area contributed by atoms with Crippen molar-refractivity contribution in [2.75, 3.05) is 19.1 Å². The minimum atomic E-state index is -1.81. The lowest BCUT2D eigenvalue weighted by molar-refractivity contribution is -0.138. The van der Waals surface area contributed by atoms with E-state index < -0.39 is 22.9 Å². The normalized spacial score (nSPS) is 18.6. The second-order valence-electron chi connectivity index (χ2n) is 8.24. The van der Waals surface area contributed by atoms with Crippen molar-refractivity contribution in [2.45, 2.75) is 18.9 Å². The molecule has 2 N–H and O–H groups in total. The summed E-state index contributed by atoms with van der Waals surface area (Å²) in [4.78, 5) is 46.7. The topological polar surface area (TPSA) is 117 Å². The number of pyridine rings is 2. The Morgan fingerprint density at radius 3 is 2.68 bits per heavy atom. The van der Waals surface area contributed by atoms with E-state index in [1.54, 1.807) is 62.8 Å². The van der Waals surface area contributed by atoms with Crippen LogP contribution >= 0.6 is 0 Å². The number of hydrogen-bond acceptors (Lipinski definition) is 7. The fourth-order valence-corrected chi connectivity index (χ4v) is 4.91. The number of carbonyl (C=O) groups excluding carboxylic acids is 2. The molecule has 1 spiro atoms. The van der Waals surface area contributed by atoms with E-state index in [1.807, 2.05) is 6.07 Å².